The van der Waals surface area contributed by atoms with Crippen LogP contribution in [0.5, 0.6) is 0 Å². The van der Waals surface area contributed by atoms with Crippen LogP contribution in [0.3, 0.4) is 0 Å². The van der Waals surface area contributed by atoms with Gasteiger partial charge in [-0.15, -0.1) is 0 Å². The Balaban J connectivity index is 1.80. The van der Waals surface area contributed by atoms with E-state index in [-0.39, 0.29) is 11.9 Å². The Labute approximate surface area is 171 Å². The van der Waals surface area contributed by atoms with E-state index in [0.717, 1.165) is 10.3 Å². The number of thiazole rings is 1. The predicted molar refractivity (Wildman–Crippen MR) is 112 cm³/mol. The van der Waals surface area contributed by atoms with Gasteiger partial charge in [0.05, 0.1) is 16.3 Å². The van der Waals surface area contributed by atoms with E-state index in [9.17, 15) is 4.79 Å². The first-order chi connectivity index (χ1) is 13.5. The average Bonchev–Trinajstić information content (AvgIpc) is 3.34. The van der Waals surface area contributed by atoms with E-state index >= 15 is 0 Å². The second kappa shape index (κ2) is 7.69. The molecule has 0 unspecified atom stereocenters. The number of carbonyl (C=O) groups excluding carboxylic acids is 1. The van der Waals surface area contributed by atoms with Crippen molar-refractivity contribution in [1.82, 2.24) is 19.7 Å². The topological polar surface area (TPSA) is 63.9 Å². The summed E-state index contributed by atoms with van der Waals surface area (Å²) in [7, 11) is 0. The standard InChI is InChI=1S/C20H18ClN5OS/c1-13(2)26-16(8-10-23-26)19(27)25(12-14-5-4-9-22-11-14)20-24-18-15(21)6-3-7-17(18)28-20/h3-11,13H,12H2,1-2H3. The minimum atomic E-state index is -0.162. The Kier molecular flexibility index (Phi) is 5.11. The van der Waals surface area contributed by atoms with Crippen LogP contribution >= 0.6 is 22.9 Å². The molecule has 0 N–H and O–H groups in total. The van der Waals surface area contributed by atoms with Crippen LogP contribution in [0.15, 0.2) is 55.0 Å². The van der Waals surface area contributed by atoms with Crippen LogP contribution < -0.4 is 4.90 Å². The molecule has 0 bridgehead atoms. The van der Waals surface area contributed by atoms with Crippen LogP contribution in [0.4, 0.5) is 5.13 Å². The molecular weight excluding hydrogens is 394 g/mol. The number of pyridine rings is 1. The van der Waals surface area contributed by atoms with Crippen molar-refractivity contribution in [1.29, 1.82) is 0 Å². The first kappa shape index (κ1) is 18.6. The normalized spacial score (nSPS) is 11.3. The van der Waals surface area contributed by atoms with Gasteiger partial charge in [0.15, 0.2) is 5.13 Å². The van der Waals surface area contributed by atoms with Crippen LogP contribution in [0.1, 0.15) is 35.9 Å². The van der Waals surface area contributed by atoms with E-state index in [1.165, 1.54) is 11.3 Å². The lowest BCUT2D eigenvalue weighted by molar-refractivity contribution is 0.0973. The Bertz CT molecular complexity index is 1120. The molecule has 0 fully saturated rings. The van der Waals surface area contributed by atoms with Gasteiger partial charge in [-0.1, -0.05) is 35.1 Å². The number of anilines is 1. The van der Waals surface area contributed by atoms with Crippen molar-refractivity contribution in [3.05, 3.63) is 71.3 Å². The highest BCUT2D eigenvalue weighted by atomic mass is 35.5. The van der Waals surface area contributed by atoms with E-state index in [2.05, 4.69) is 15.1 Å². The van der Waals surface area contributed by atoms with Crippen molar-refractivity contribution in [3.8, 4) is 0 Å². The van der Waals surface area contributed by atoms with Crippen molar-refractivity contribution >= 4 is 44.2 Å². The molecule has 4 rings (SSSR count). The minimum absolute atomic E-state index is 0.0685. The third-order valence-corrected chi connectivity index (χ3v) is 5.63. The van der Waals surface area contributed by atoms with Gasteiger partial charge in [-0.25, -0.2) is 4.98 Å². The van der Waals surface area contributed by atoms with Crippen molar-refractivity contribution < 1.29 is 4.79 Å². The number of carbonyl (C=O) groups is 1. The van der Waals surface area contributed by atoms with Crippen molar-refractivity contribution in [3.63, 3.8) is 0 Å². The molecule has 8 heteroatoms. The fraction of sp³-hybridized carbons (Fsp3) is 0.200. The molecule has 0 aliphatic rings. The number of rotatable bonds is 5. The fourth-order valence-corrected chi connectivity index (χ4v) is 4.22. The number of benzene rings is 1. The molecule has 0 spiro atoms. The van der Waals surface area contributed by atoms with Gasteiger partial charge in [-0.3, -0.25) is 19.4 Å². The summed E-state index contributed by atoms with van der Waals surface area (Å²) >= 11 is 7.74. The molecule has 28 heavy (non-hydrogen) atoms. The van der Waals surface area contributed by atoms with Gasteiger partial charge in [0.25, 0.3) is 5.91 Å². The molecule has 0 aliphatic carbocycles. The molecule has 0 radical (unpaired) electrons. The smallest absolute Gasteiger partial charge is 0.278 e. The van der Waals surface area contributed by atoms with Crippen LogP contribution in [-0.4, -0.2) is 25.7 Å². The molecule has 3 heterocycles. The van der Waals surface area contributed by atoms with Gasteiger partial charge in [0, 0.05) is 24.6 Å². The Morgan fingerprint density at radius 3 is 2.79 bits per heavy atom. The maximum Gasteiger partial charge on any atom is 0.278 e. The number of halogens is 1. The second-order valence-electron chi connectivity index (χ2n) is 6.59. The molecule has 3 aromatic heterocycles. The van der Waals surface area contributed by atoms with Crippen LogP contribution in [0.25, 0.3) is 10.2 Å². The molecule has 0 aliphatic heterocycles. The third kappa shape index (κ3) is 3.50. The highest BCUT2D eigenvalue weighted by molar-refractivity contribution is 7.22. The van der Waals surface area contributed by atoms with Gasteiger partial charge in [-0.2, -0.15) is 5.10 Å². The van der Waals surface area contributed by atoms with Crippen LogP contribution in [0, 0.1) is 0 Å². The lowest BCUT2D eigenvalue weighted by Gasteiger charge is -2.21. The number of amides is 1. The summed E-state index contributed by atoms with van der Waals surface area (Å²) in [5.41, 5.74) is 2.13. The summed E-state index contributed by atoms with van der Waals surface area (Å²) in [4.78, 5) is 24.0. The minimum Gasteiger partial charge on any atom is -0.278 e. The molecular formula is C20H18ClN5OS. The highest BCUT2D eigenvalue weighted by Crippen LogP contribution is 2.34. The van der Waals surface area contributed by atoms with E-state index in [0.29, 0.717) is 27.9 Å². The van der Waals surface area contributed by atoms with E-state index in [1.54, 1.807) is 40.3 Å². The molecule has 142 valence electrons. The summed E-state index contributed by atoms with van der Waals surface area (Å²) in [6.45, 7) is 4.34. The van der Waals surface area contributed by atoms with Crippen molar-refractivity contribution in [2.45, 2.75) is 26.4 Å². The van der Waals surface area contributed by atoms with Crippen molar-refractivity contribution in [2.24, 2.45) is 0 Å². The van der Waals surface area contributed by atoms with Gasteiger partial charge in [0.1, 0.15) is 11.2 Å². The van der Waals surface area contributed by atoms with Crippen LogP contribution in [0.2, 0.25) is 5.02 Å². The molecule has 0 saturated carbocycles. The first-order valence-corrected chi connectivity index (χ1v) is 10.0. The quantitative estimate of drug-likeness (QED) is 0.465. The Hall–Kier alpha value is -2.77. The van der Waals surface area contributed by atoms with E-state index in [4.69, 9.17) is 11.6 Å². The fourth-order valence-electron chi connectivity index (χ4n) is 2.95. The van der Waals surface area contributed by atoms with E-state index < -0.39 is 0 Å². The van der Waals surface area contributed by atoms with Crippen LogP contribution in [-0.2, 0) is 6.54 Å². The van der Waals surface area contributed by atoms with Gasteiger partial charge >= 0.3 is 0 Å². The van der Waals surface area contributed by atoms with Gasteiger partial charge in [-0.05, 0) is 43.7 Å². The second-order valence-corrected chi connectivity index (χ2v) is 8.01. The number of nitrogens with zero attached hydrogens (tertiary/aromatic N) is 5. The highest BCUT2D eigenvalue weighted by Gasteiger charge is 2.25. The predicted octanol–water partition coefficient (Wildman–Crippen LogP) is 4.97. The zero-order valence-corrected chi connectivity index (χ0v) is 17.0. The summed E-state index contributed by atoms with van der Waals surface area (Å²) in [6, 6.07) is 11.2. The van der Waals surface area contributed by atoms with Gasteiger partial charge < -0.3 is 0 Å². The maximum absolute atomic E-state index is 13.5. The SMILES string of the molecule is CC(C)n1nccc1C(=O)N(Cc1cccnc1)c1nc2c(Cl)cccc2s1. The van der Waals surface area contributed by atoms with Gasteiger partial charge in [0.2, 0.25) is 0 Å². The lowest BCUT2D eigenvalue weighted by Crippen LogP contribution is -2.32. The third-order valence-electron chi connectivity index (χ3n) is 4.28. The molecule has 1 amide bonds. The molecule has 4 aromatic rings. The summed E-state index contributed by atoms with van der Waals surface area (Å²) in [6.07, 6.45) is 5.10. The zero-order valence-electron chi connectivity index (χ0n) is 15.4. The number of hydrogen-bond acceptors (Lipinski definition) is 5. The Morgan fingerprint density at radius 1 is 1.21 bits per heavy atom. The molecule has 0 saturated heterocycles. The monoisotopic (exact) mass is 411 g/mol. The lowest BCUT2D eigenvalue weighted by atomic mass is 10.2. The maximum atomic E-state index is 13.5. The summed E-state index contributed by atoms with van der Waals surface area (Å²) < 4.78 is 2.66. The average molecular weight is 412 g/mol. The summed E-state index contributed by atoms with van der Waals surface area (Å²) in [5.74, 6) is -0.162. The first-order valence-electron chi connectivity index (χ1n) is 8.84. The Morgan fingerprint density at radius 2 is 2.07 bits per heavy atom. The number of para-hydroxylation sites is 1. The largest absolute Gasteiger partial charge is 0.278 e. The van der Waals surface area contributed by atoms with E-state index in [1.807, 2.05) is 38.1 Å². The number of aromatic nitrogens is 4. The summed E-state index contributed by atoms with van der Waals surface area (Å²) in [5, 5.41) is 5.46. The molecule has 1 aromatic carbocycles. The molecule has 0 atom stereocenters. The number of fused-ring (bicyclic) bond motifs is 1. The number of hydrogen-bond donors (Lipinski definition) is 0. The molecule has 6 nitrogen and oxygen atoms in total. The van der Waals surface area contributed by atoms with Crippen molar-refractivity contribution in [2.75, 3.05) is 4.90 Å². The zero-order chi connectivity index (χ0) is 19.7.